The van der Waals surface area contributed by atoms with Crippen LogP contribution >= 0.6 is 0 Å². The molecule has 1 amide bonds. The van der Waals surface area contributed by atoms with E-state index < -0.39 is 9.84 Å². The molecule has 8 heteroatoms. The van der Waals surface area contributed by atoms with Crippen LogP contribution in [0.1, 0.15) is 43.6 Å². The molecule has 0 saturated carbocycles. The fourth-order valence-corrected chi connectivity index (χ4v) is 5.46. The molecule has 7 nitrogen and oxygen atoms in total. The van der Waals surface area contributed by atoms with Crippen LogP contribution in [0.5, 0.6) is 0 Å². The topological polar surface area (TPSA) is 83.5 Å². The van der Waals surface area contributed by atoms with Crippen molar-refractivity contribution in [2.75, 3.05) is 36.0 Å². The van der Waals surface area contributed by atoms with Crippen LogP contribution in [0.25, 0.3) is 0 Å². The zero-order valence-electron chi connectivity index (χ0n) is 14.9. The summed E-state index contributed by atoms with van der Waals surface area (Å²) in [5.74, 6) is 1.18. The number of carbonyl (C=O) groups is 1. The van der Waals surface area contributed by atoms with Crippen LogP contribution < -0.4 is 4.90 Å². The van der Waals surface area contributed by atoms with Crippen molar-refractivity contribution < 1.29 is 13.2 Å². The van der Waals surface area contributed by atoms with E-state index in [0.29, 0.717) is 30.5 Å². The normalized spacial score (nSPS) is 25.8. The first kappa shape index (κ1) is 18.1. The number of anilines is 1. The fourth-order valence-electron chi connectivity index (χ4n) is 3.73. The van der Waals surface area contributed by atoms with Gasteiger partial charge in [-0.2, -0.15) is 0 Å². The molecular weight excluding hydrogens is 340 g/mol. The highest BCUT2D eigenvalue weighted by Crippen LogP contribution is 2.22. The fraction of sp³-hybridized carbons (Fsp3) is 0.706. The molecule has 2 aliphatic rings. The number of piperidine rings is 1. The Morgan fingerprint density at radius 3 is 2.84 bits per heavy atom. The van der Waals surface area contributed by atoms with Crippen molar-refractivity contribution in [1.29, 1.82) is 0 Å². The highest BCUT2D eigenvalue weighted by Gasteiger charge is 2.34. The summed E-state index contributed by atoms with van der Waals surface area (Å²) < 4.78 is 23.5. The van der Waals surface area contributed by atoms with Crippen molar-refractivity contribution in [2.45, 2.75) is 39.2 Å². The average Bonchev–Trinajstić information content (AvgIpc) is 2.95. The van der Waals surface area contributed by atoms with Gasteiger partial charge in [0.15, 0.2) is 9.84 Å². The number of hydrogen-bond donors (Lipinski definition) is 0. The Morgan fingerprint density at radius 2 is 2.20 bits per heavy atom. The van der Waals surface area contributed by atoms with Gasteiger partial charge in [-0.25, -0.2) is 18.4 Å². The molecule has 2 aliphatic heterocycles. The first-order chi connectivity index (χ1) is 11.9. The molecule has 1 aromatic heterocycles. The number of sulfone groups is 1. The molecular formula is C17H26N4O3S. The first-order valence-corrected chi connectivity index (χ1v) is 10.8. The average molecular weight is 366 g/mol. The third-order valence-electron chi connectivity index (χ3n) is 5.05. The molecule has 138 valence electrons. The quantitative estimate of drug-likeness (QED) is 0.800. The SMILES string of the molecule is CCN(C(=O)c1ccnc(N2CCCC(C)C2)n1)C1CCS(=O)(=O)C1. The molecule has 2 saturated heterocycles. The Hall–Kier alpha value is -1.70. The summed E-state index contributed by atoms with van der Waals surface area (Å²) in [7, 11) is -3.03. The number of carbonyl (C=O) groups excluding carboxylic acids is 1. The van der Waals surface area contributed by atoms with Crippen molar-refractivity contribution in [3.63, 3.8) is 0 Å². The van der Waals surface area contributed by atoms with E-state index in [4.69, 9.17) is 0 Å². The lowest BCUT2D eigenvalue weighted by Gasteiger charge is -2.31. The maximum absolute atomic E-state index is 12.9. The van der Waals surface area contributed by atoms with E-state index in [-0.39, 0.29) is 23.5 Å². The molecule has 0 N–H and O–H groups in total. The summed E-state index contributed by atoms with van der Waals surface area (Å²) in [5.41, 5.74) is 0.342. The smallest absolute Gasteiger partial charge is 0.272 e. The second-order valence-electron chi connectivity index (χ2n) is 7.08. The Morgan fingerprint density at radius 1 is 1.40 bits per heavy atom. The maximum atomic E-state index is 12.9. The minimum Gasteiger partial charge on any atom is -0.341 e. The van der Waals surface area contributed by atoms with Crippen LogP contribution in [-0.4, -0.2) is 66.4 Å². The summed E-state index contributed by atoms with van der Waals surface area (Å²) in [6.07, 6.45) is 4.43. The third-order valence-corrected chi connectivity index (χ3v) is 6.80. The highest BCUT2D eigenvalue weighted by molar-refractivity contribution is 7.91. The van der Waals surface area contributed by atoms with Crippen LogP contribution in [-0.2, 0) is 9.84 Å². The molecule has 1 aromatic rings. The lowest BCUT2D eigenvalue weighted by Crippen LogP contribution is -2.41. The minimum atomic E-state index is -3.03. The molecule has 3 heterocycles. The van der Waals surface area contributed by atoms with Crippen LogP contribution in [0, 0.1) is 5.92 Å². The lowest BCUT2D eigenvalue weighted by molar-refractivity contribution is 0.0702. The van der Waals surface area contributed by atoms with Crippen molar-refractivity contribution in [3.8, 4) is 0 Å². The first-order valence-electron chi connectivity index (χ1n) is 8.99. The predicted octanol–water partition coefficient (Wildman–Crippen LogP) is 1.36. The van der Waals surface area contributed by atoms with E-state index in [9.17, 15) is 13.2 Å². The third kappa shape index (κ3) is 4.11. The van der Waals surface area contributed by atoms with Crippen molar-refractivity contribution >= 4 is 21.7 Å². The second kappa shape index (κ2) is 7.27. The Labute approximate surface area is 149 Å². The van der Waals surface area contributed by atoms with Crippen LogP contribution in [0.15, 0.2) is 12.3 Å². The van der Waals surface area contributed by atoms with Gasteiger partial charge in [-0.1, -0.05) is 6.92 Å². The van der Waals surface area contributed by atoms with Gasteiger partial charge in [0.25, 0.3) is 5.91 Å². The summed E-state index contributed by atoms with van der Waals surface area (Å²) in [4.78, 5) is 25.5. The molecule has 0 bridgehead atoms. The van der Waals surface area contributed by atoms with E-state index in [1.807, 2.05) is 6.92 Å². The standard InChI is InChI=1S/C17H26N4O3S/c1-3-21(14-7-10-25(23,24)12-14)16(22)15-6-8-18-17(19-15)20-9-4-5-13(2)11-20/h6,8,13-14H,3-5,7,9-12H2,1-2H3. The van der Waals surface area contributed by atoms with E-state index in [1.54, 1.807) is 17.2 Å². The van der Waals surface area contributed by atoms with Crippen molar-refractivity contribution in [1.82, 2.24) is 14.9 Å². The molecule has 25 heavy (non-hydrogen) atoms. The van der Waals surface area contributed by atoms with Crippen molar-refractivity contribution in [2.24, 2.45) is 5.92 Å². The molecule has 0 aliphatic carbocycles. The Kier molecular flexibility index (Phi) is 5.27. The van der Waals surface area contributed by atoms with Gasteiger partial charge in [-0.15, -0.1) is 0 Å². The van der Waals surface area contributed by atoms with Crippen LogP contribution in [0.3, 0.4) is 0 Å². The Bertz CT molecular complexity index is 737. The Balaban J connectivity index is 1.78. The largest absolute Gasteiger partial charge is 0.341 e. The maximum Gasteiger partial charge on any atom is 0.272 e. The minimum absolute atomic E-state index is 0.0498. The molecule has 3 rings (SSSR count). The summed E-state index contributed by atoms with van der Waals surface area (Å²) >= 11 is 0. The monoisotopic (exact) mass is 366 g/mol. The molecule has 2 unspecified atom stereocenters. The predicted molar refractivity (Wildman–Crippen MR) is 96.4 cm³/mol. The highest BCUT2D eigenvalue weighted by atomic mass is 32.2. The molecule has 2 atom stereocenters. The number of hydrogen-bond acceptors (Lipinski definition) is 6. The second-order valence-corrected chi connectivity index (χ2v) is 9.31. The molecule has 0 radical (unpaired) electrons. The van der Waals surface area contributed by atoms with Crippen LogP contribution in [0.2, 0.25) is 0 Å². The zero-order valence-corrected chi connectivity index (χ0v) is 15.7. The van der Waals surface area contributed by atoms with E-state index >= 15 is 0 Å². The van der Waals surface area contributed by atoms with Gasteiger partial charge in [0.1, 0.15) is 5.69 Å². The number of amides is 1. The van der Waals surface area contributed by atoms with Gasteiger partial charge in [-0.05, 0) is 38.2 Å². The van der Waals surface area contributed by atoms with Crippen LogP contribution in [0.4, 0.5) is 5.95 Å². The summed E-state index contributed by atoms with van der Waals surface area (Å²) in [6, 6.07) is 1.36. The number of rotatable bonds is 4. The number of nitrogens with zero attached hydrogens (tertiary/aromatic N) is 4. The van der Waals surface area contributed by atoms with Gasteiger partial charge in [0.05, 0.1) is 11.5 Å². The molecule has 0 aromatic carbocycles. The summed E-state index contributed by atoms with van der Waals surface area (Å²) in [5, 5.41) is 0. The van der Waals surface area contributed by atoms with Gasteiger partial charge < -0.3 is 9.80 Å². The van der Waals surface area contributed by atoms with Gasteiger partial charge in [-0.3, -0.25) is 4.79 Å². The van der Waals surface area contributed by atoms with Gasteiger partial charge in [0, 0.05) is 31.9 Å². The van der Waals surface area contributed by atoms with Crippen molar-refractivity contribution in [3.05, 3.63) is 18.0 Å². The van der Waals surface area contributed by atoms with E-state index in [2.05, 4.69) is 21.8 Å². The summed E-state index contributed by atoms with van der Waals surface area (Å²) in [6.45, 7) is 6.35. The van der Waals surface area contributed by atoms with Gasteiger partial charge >= 0.3 is 0 Å². The van der Waals surface area contributed by atoms with E-state index in [1.165, 1.54) is 6.42 Å². The number of aromatic nitrogens is 2. The lowest BCUT2D eigenvalue weighted by atomic mass is 10.0. The zero-order chi connectivity index (χ0) is 18.0. The van der Waals surface area contributed by atoms with Gasteiger partial charge in [0.2, 0.25) is 5.95 Å². The molecule has 2 fully saturated rings. The molecule has 0 spiro atoms. The van der Waals surface area contributed by atoms with E-state index in [0.717, 1.165) is 19.5 Å².